The van der Waals surface area contributed by atoms with Gasteiger partial charge in [0.05, 0.1) is 12.0 Å². The molecular formula is C13H18N2O2. The highest BCUT2D eigenvalue weighted by atomic mass is 16.5. The lowest BCUT2D eigenvalue weighted by molar-refractivity contribution is -0.123. The lowest BCUT2D eigenvalue weighted by atomic mass is 10.0. The van der Waals surface area contributed by atoms with E-state index in [1.54, 1.807) is 24.1 Å². The van der Waals surface area contributed by atoms with Crippen molar-refractivity contribution in [1.82, 2.24) is 0 Å². The first-order valence-corrected chi connectivity index (χ1v) is 5.84. The van der Waals surface area contributed by atoms with Gasteiger partial charge < -0.3 is 15.4 Å². The van der Waals surface area contributed by atoms with E-state index in [1.807, 2.05) is 19.1 Å². The van der Waals surface area contributed by atoms with Crippen LogP contribution in [0.3, 0.4) is 0 Å². The number of nitrogens with two attached hydrogens (primary N) is 1. The molecule has 0 saturated carbocycles. The van der Waals surface area contributed by atoms with Crippen LogP contribution in [0, 0.1) is 5.92 Å². The Balaban J connectivity index is 2.11. The van der Waals surface area contributed by atoms with Gasteiger partial charge in [-0.15, -0.1) is 0 Å². The molecular weight excluding hydrogens is 216 g/mol. The first kappa shape index (κ1) is 11.9. The molecule has 0 aliphatic carbocycles. The number of carbonyl (C=O) groups is 1. The van der Waals surface area contributed by atoms with Crippen molar-refractivity contribution in [3.05, 3.63) is 24.3 Å². The third kappa shape index (κ3) is 2.42. The van der Waals surface area contributed by atoms with E-state index >= 15 is 0 Å². The van der Waals surface area contributed by atoms with Gasteiger partial charge in [0.15, 0.2) is 0 Å². The topological polar surface area (TPSA) is 55.6 Å². The summed E-state index contributed by atoms with van der Waals surface area (Å²) in [6, 6.07) is 7.31. The molecule has 2 N–H and O–H groups in total. The van der Waals surface area contributed by atoms with E-state index in [9.17, 15) is 4.79 Å². The first-order chi connectivity index (χ1) is 8.09. The fourth-order valence-corrected chi connectivity index (χ4v) is 2.13. The maximum Gasteiger partial charge on any atom is 0.232 e. The second kappa shape index (κ2) is 4.75. The maximum absolute atomic E-state index is 12.3. The SMILES string of the molecule is CC1OCCC1C(=O)N(C)c1ccc(N)cc1. The van der Waals surface area contributed by atoms with Crippen LogP contribution >= 0.6 is 0 Å². The summed E-state index contributed by atoms with van der Waals surface area (Å²) in [5, 5.41) is 0. The molecule has 1 fully saturated rings. The summed E-state index contributed by atoms with van der Waals surface area (Å²) in [6.07, 6.45) is 0.818. The Morgan fingerprint density at radius 2 is 2.06 bits per heavy atom. The Bertz CT molecular complexity index is 402. The van der Waals surface area contributed by atoms with Gasteiger partial charge >= 0.3 is 0 Å². The van der Waals surface area contributed by atoms with Gasteiger partial charge in [0.2, 0.25) is 5.91 Å². The quantitative estimate of drug-likeness (QED) is 0.792. The van der Waals surface area contributed by atoms with Crippen LogP contribution in [0.1, 0.15) is 13.3 Å². The van der Waals surface area contributed by atoms with Gasteiger partial charge in [-0.2, -0.15) is 0 Å². The van der Waals surface area contributed by atoms with Crippen molar-refractivity contribution in [3.63, 3.8) is 0 Å². The summed E-state index contributed by atoms with van der Waals surface area (Å²) in [5.41, 5.74) is 7.19. The van der Waals surface area contributed by atoms with Crippen LogP contribution in [0.25, 0.3) is 0 Å². The van der Waals surface area contributed by atoms with Crippen LogP contribution in [0.15, 0.2) is 24.3 Å². The lowest BCUT2D eigenvalue weighted by Gasteiger charge is -2.22. The van der Waals surface area contributed by atoms with Gasteiger partial charge in [-0.3, -0.25) is 4.79 Å². The van der Waals surface area contributed by atoms with Crippen molar-refractivity contribution in [2.24, 2.45) is 5.92 Å². The van der Waals surface area contributed by atoms with Crippen LogP contribution in [-0.2, 0) is 9.53 Å². The monoisotopic (exact) mass is 234 g/mol. The normalized spacial score (nSPS) is 23.6. The highest BCUT2D eigenvalue weighted by Crippen LogP contribution is 2.25. The average molecular weight is 234 g/mol. The van der Waals surface area contributed by atoms with Crippen molar-refractivity contribution in [1.29, 1.82) is 0 Å². The summed E-state index contributed by atoms with van der Waals surface area (Å²) in [7, 11) is 1.79. The van der Waals surface area contributed by atoms with Crippen LogP contribution in [0.5, 0.6) is 0 Å². The number of hydrogen-bond acceptors (Lipinski definition) is 3. The van der Waals surface area contributed by atoms with E-state index in [-0.39, 0.29) is 17.9 Å². The van der Waals surface area contributed by atoms with Gasteiger partial charge in [0.1, 0.15) is 0 Å². The molecule has 17 heavy (non-hydrogen) atoms. The minimum atomic E-state index is -0.0300. The van der Waals surface area contributed by atoms with Crippen molar-refractivity contribution < 1.29 is 9.53 Å². The van der Waals surface area contributed by atoms with Crippen LogP contribution in [0.2, 0.25) is 0 Å². The van der Waals surface area contributed by atoms with Gasteiger partial charge in [-0.25, -0.2) is 0 Å². The molecule has 1 heterocycles. The number of nitrogens with zero attached hydrogens (tertiary/aromatic N) is 1. The smallest absolute Gasteiger partial charge is 0.232 e. The van der Waals surface area contributed by atoms with E-state index in [2.05, 4.69) is 0 Å². The second-order valence-corrected chi connectivity index (χ2v) is 4.46. The second-order valence-electron chi connectivity index (χ2n) is 4.46. The number of carbonyl (C=O) groups excluding carboxylic acids is 1. The third-order valence-corrected chi connectivity index (χ3v) is 3.30. The number of anilines is 2. The molecule has 92 valence electrons. The fourth-order valence-electron chi connectivity index (χ4n) is 2.13. The van der Waals surface area contributed by atoms with Gasteiger partial charge in [-0.05, 0) is 37.6 Å². The molecule has 1 amide bonds. The average Bonchev–Trinajstić information content (AvgIpc) is 2.74. The standard InChI is InChI=1S/C13H18N2O2/c1-9-12(7-8-17-9)13(16)15(2)11-5-3-10(14)4-6-11/h3-6,9,12H,7-8,14H2,1-2H3. The molecule has 1 aromatic carbocycles. The van der Waals surface area contributed by atoms with Crippen LogP contribution in [-0.4, -0.2) is 25.7 Å². The molecule has 0 radical (unpaired) electrons. The zero-order valence-corrected chi connectivity index (χ0v) is 10.2. The molecule has 0 aromatic heterocycles. The Labute approximate surface area is 101 Å². The van der Waals surface area contributed by atoms with Crippen molar-refractivity contribution in [2.45, 2.75) is 19.4 Å². The first-order valence-electron chi connectivity index (χ1n) is 5.84. The molecule has 1 aliphatic rings. The zero-order valence-electron chi connectivity index (χ0n) is 10.2. The summed E-state index contributed by atoms with van der Waals surface area (Å²) in [5.74, 6) is 0.0809. The number of nitrogen functional groups attached to an aromatic ring is 1. The predicted octanol–water partition coefficient (Wildman–Crippen LogP) is 1.66. The summed E-state index contributed by atoms with van der Waals surface area (Å²) < 4.78 is 5.42. The minimum Gasteiger partial charge on any atom is -0.399 e. The highest BCUT2D eigenvalue weighted by molar-refractivity contribution is 5.95. The highest BCUT2D eigenvalue weighted by Gasteiger charge is 2.32. The number of amides is 1. The molecule has 1 aromatic rings. The van der Waals surface area contributed by atoms with E-state index in [0.717, 1.165) is 12.1 Å². The summed E-state index contributed by atoms with van der Waals surface area (Å²) >= 11 is 0. The molecule has 4 nitrogen and oxygen atoms in total. The summed E-state index contributed by atoms with van der Waals surface area (Å²) in [6.45, 7) is 2.62. The van der Waals surface area contributed by atoms with Crippen molar-refractivity contribution >= 4 is 17.3 Å². The molecule has 2 rings (SSSR count). The van der Waals surface area contributed by atoms with Crippen molar-refractivity contribution in [2.75, 3.05) is 24.3 Å². The van der Waals surface area contributed by atoms with Crippen LogP contribution in [0.4, 0.5) is 11.4 Å². The Hall–Kier alpha value is -1.55. The van der Waals surface area contributed by atoms with Gasteiger partial charge in [0.25, 0.3) is 0 Å². The molecule has 2 atom stereocenters. The molecule has 2 unspecified atom stereocenters. The molecule has 1 aliphatic heterocycles. The molecule has 0 bridgehead atoms. The number of benzene rings is 1. The summed E-state index contributed by atoms with van der Waals surface area (Å²) in [4.78, 5) is 13.9. The zero-order chi connectivity index (χ0) is 12.4. The number of hydrogen-bond donors (Lipinski definition) is 1. The van der Waals surface area contributed by atoms with Gasteiger partial charge in [0, 0.05) is 25.0 Å². The Kier molecular flexibility index (Phi) is 3.33. The predicted molar refractivity (Wildman–Crippen MR) is 67.8 cm³/mol. The van der Waals surface area contributed by atoms with E-state index in [0.29, 0.717) is 12.3 Å². The Morgan fingerprint density at radius 1 is 1.41 bits per heavy atom. The van der Waals surface area contributed by atoms with Gasteiger partial charge in [-0.1, -0.05) is 0 Å². The van der Waals surface area contributed by atoms with E-state index < -0.39 is 0 Å². The van der Waals surface area contributed by atoms with E-state index in [1.165, 1.54) is 0 Å². The fraction of sp³-hybridized carbons (Fsp3) is 0.462. The molecule has 0 spiro atoms. The molecule has 4 heteroatoms. The number of ether oxygens (including phenoxy) is 1. The Morgan fingerprint density at radius 3 is 2.59 bits per heavy atom. The largest absolute Gasteiger partial charge is 0.399 e. The minimum absolute atomic E-state index is 0.0127. The van der Waals surface area contributed by atoms with Crippen molar-refractivity contribution in [3.8, 4) is 0 Å². The van der Waals surface area contributed by atoms with Crippen LogP contribution < -0.4 is 10.6 Å². The number of rotatable bonds is 2. The lowest BCUT2D eigenvalue weighted by Crippen LogP contribution is -2.35. The maximum atomic E-state index is 12.3. The molecule has 1 saturated heterocycles. The van der Waals surface area contributed by atoms with E-state index in [4.69, 9.17) is 10.5 Å². The third-order valence-electron chi connectivity index (χ3n) is 3.30.